The third-order valence-electron chi connectivity index (χ3n) is 4.51. The third kappa shape index (κ3) is 19.0. The van der Waals surface area contributed by atoms with Crippen molar-refractivity contribution >= 4 is 17.8 Å². The fourth-order valence-electron chi connectivity index (χ4n) is 3.11. The molecular formula is C29H45ClF2N2O5. The quantitative estimate of drug-likeness (QED) is 0.101. The topological polar surface area (TPSA) is 104 Å². The Hall–Kier alpha value is -2.74. The van der Waals surface area contributed by atoms with Crippen LogP contribution < -0.4 is 10.1 Å². The Bertz CT molecular complexity index is 869. The van der Waals surface area contributed by atoms with Crippen molar-refractivity contribution in [2.24, 2.45) is 11.1 Å². The fraction of sp³-hybridized carbons (Fsp3) is 0.483. The molecule has 4 N–H and O–H groups in total. The van der Waals surface area contributed by atoms with Gasteiger partial charge in [0, 0.05) is 35.2 Å². The van der Waals surface area contributed by atoms with Gasteiger partial charge in [-0.1, -0.05) is 43.1 Å². The van der Waals surface area contributed by atoms with Crippen LogP contribution in [0.15, 0.2) is 41.6 Å². The van der Waals surface area contributed by atoms with Crippen molar-refractivity contribution in [3.05, 3.63) is 64.2 Å². The number of aliphatic hydroxyl groups excluding tert-OH is 1. The third-order valence-corrected chi connectivity index (χ3v) is 4.76. The summed E-state index contributed by atoms with van der Waals surface area (Å²) in [6.45, 7) is 10.5. The number of rotatable bonds is 0. The number of hydrogen-bond acceptors (Lipinski definition) is 7. The Morgan fingerprint density at radius 1 is 1.05 bits per heavy atom. The minimum absolute atomic E-state index is 0.0354. The Morgan fingerprint density at radius 2 is 1.51 bits per heavy atom. The number of nitrogens with zero attached hydrogens (tertiary/aromatic N) is 1. The van der Waals surface area contributed by atoms with Gasteiger partial charge in [-0.15, -0.1) is 18.0 Å². The van der Waals surface area contributed by atoms with E-state index in [9.17, 15) is 8.78 Å². The molecule has 4 rings (SSSR count). The number of nitrogens with one attached hydrogen (secondary N) is 1. The minimum Gasteiger partial charge on any atom is -0.490 e. The summed E-state index contributed by atoms with van der Waals surface area (Å²) in [6.07, 6.45) is 8.88. The van der Waals surface area contributed by atoms with E-state index in [1.54, 1.807) is 6.92 Å². The standard InChI is InChI=1S/C12H12F2O2.C7H7Cl.C2H5NO.C2H7N.C2H6O2.C2H6.C2H2/c13-9-1-2-10(14)12-11(9)8-3-4-15-5-7(8)6-16-12;1-6-2-4-7(8)5-3-6;1-2-3-4;1-3-2;1-2(3)4;2*1-2/h1-2,7-8H,3-6H2;2-5H,1H3;2,4H,1H3;3H,1-2H3;2-4H,1H3;1-2H3;1-2H/b;;3-2+;;;;. The maximum atomic E-state index is 13.7. The number of hydrogen-bond donors (Lipinski definition) is 4. The van der Waals surface area contributed by atoms with Crippen LogP contribution in [0, 0.1) is 37.3 Å². The summed E-state index contributed by atoms with van der Waals surface area (Å²) in [4.78, 5) is 0. The van der Waals surface area contributed by atoms with Gasteiger partial charge in [0.25, 0.3) is 0 Å². The summed E-state index contributed by atoms with van der Waals surface area (Å²) in [6, 6.07) is 10.0. The molecule has 0 saturated carbocycles. The monoisotopic (exact) mass is 574 g/mol. The molecule has 1 fully saturated rings. The molecule has 0 aromatic heterocycles. The number of halogens is 3. The Morgan fingerprint density at radius 3 is 1.95 bits per heavy atom. The molecule has 0 spiro atoms. The number of oxime groups is 1. The molecule has 1 saturated heterocycles. The Kier molecular flexibility index (Phi) is 28.1. The van der Waals surface area contributed by atoms with Crippen molar-refractivity contribution in [3.8, 4) is 18.6 Å². The summed E-state index contributed by atoms with van der Waals surface area (Å²) in [5, 5.41) is 28.8. The smallest absolute Gasteiger partial charge is 0.165 e. The predicted octanol–water partition coefficient (Wildman–Crippen LogP) is 6.02. The van der Waals surface area contributed by atoms with E-state index < -0.39 is 12.1 Å². The van der Waals surface area contributed by atoms with E-state index in [2.05, 4.69) is 23.3 Å². The molecule has 2 atom stereocenters. The lowest BCUT2D eigenvalue weighted by atomic mass is 9.80. The van der Waals surface area contributed by atoms with Gasteiger partial charge in [-0.3, -0.25) is 0 Å². The van der Waals surface area contributed by atoms with Crippen molar-refractivity contribution in [2.45, 2.75) is 53.2 Å². The minimum atomic E-state index is -1.17. The van der Waals surface area contributed by atoms with Crippen LogP contribution in [0.4, 0.5) is 8.78 Å². The summed E-state index contributed by atoms with van der Waals surface area (Å²) in [5.74, 6) is -0.553. The zero-order valence-electron chi connectivity index (χ0n) is 24.0. The van der Waals surface area contributed by atoms with Gasteiger partial charge >= 0.3 is 0 Å². The second-order valence-corrected chi connectivity index (χ2v) is 8.05. The zero-order valence-corrected chi connectivity index (χ0v) is 24.8. The maximum Gasteiger partial charge on any atom is 0.165 e. The van der Waals surface area contributed by atoms with Gasteiger partial charge in [-0.05, 0) is 65.6 Å². The Balaban J connectivity index is -0.000000476. The summed E-state index contributed by atoms with van der Waals surface area (Å²) >= 11 is 5.61. The van der Waals surface area contributed by atoms with Gasteiger partial charge in [0.2, 0.25) is 0 Å². The molecule has 0 aliphatic carbocycles. The molecule has 0 amide bonds. The van der Waals surface area contributed by atoms with Crippen molar-refractivity contribution in [1.82, 2.24) is 5.32 Å². The van der Waals surface area contributed by atoms with E-state index in [1.165, 1.54) is 24.8 Å². The van der Waals surface area contributed by atoms with E-state index in [0.717, 1.165) is 17.5 Å². The van der Waals surface area contributed by atoms with Gasteiger partial charge in [-0.2, -0.15) is 0 Å². The highest BCUT2D eigenvalue weighted by Crippen LogP contribution is 2.43. The summed E-state index contributed by atoms with van der Waals surface area (Å²) in [5.41, 5.74) is 1.65. The predicted molar refractivity (Wildman–Crippen MR) is 156 cm³/mol. The molecule has 0 bridgehead atoms. The van der Waals surface area contributed by atoms with Gasteiger partial charge in [-0.25, -0.2) is 8.78 Å². The van der Waals surface area contributed by atoms with Crippen molar-refractivity contribution in [2.75, 3.05) is 33.9 Å². The molecule has 39 heavy (non-hydrogen) atoms. The van der Waals surface area contributed by atoms with E-state index in [1.807, 2.05) is 59.1 Å². The highest BCUT2D eigenvalue weighted by molar-refractivity contribution is 6.30. The number of terminal acetylenes is 1. The van der Waals surface area contributed by atoms with Crippen LogP contribution in [-0.4, -0.2) is 61.8 Å². The molecule has 0 radical (unpaired) electrons. The highest BCUT2D eigenvalue weighted by atomic mass is 35.5. The molecule has 2 aliphatic rings. The molecule has 222 valence electrons. The van der Waals surface area contributed by atoms with E-state index >= 15 is 0 Å². The fourth-order valence-corrected chi connectivity index (χ4v) is 3.23. The first-order chi connectivity index (χ1) is 18.6. The lowest BCUT2D eigenvalue weighted by Gasteiger charge is -2.36. The first-order valence-corrected chi connectivity index (χ1v) is 12.8. The SMILES string of the molecule is C#C.C/C=N/O.CC.CC(O)O.CNC.Cc1ccc(Cl)cc1.Fc1ccc(F)c2c1OCC1COCCC21. The van der Waals surface area contributed by atoms with Crippen molar-refractivity contribution < 1.29 is 33.7 Å². The Labute approximate surface area is 237 Å². The first kappa shape index (κ1) is 40.8. The lowest BCUT2D eigenvalue weighted by Crippen LogP contribution is -2.35. The number of aryl methyl sites for hydroxylation is 1. The molecule has 2 aromatic rings. The average molecular weight is 575 g/mol. The van der Waals surface area contributed by atoms with Gasteiger partial charge in [0.1, 0.15) is 12.1 Å². The number of ether oxygens (including phenoxy) is 2. The van der Waals surface area contributed by atoms with Crippen molar-refractivity contribution in [1.29, 1.82) is 0 Å². The van der Waals surface area contributed by atoms with Crippen LogP contribution in [0.25, 0.3) is 0 Å². The van der Waals surface area contributed by atoms with Gasteiger partial charge in [0.05, 0.1) is 13.2 Å². The van der Waals surface area contributed by atoms with Crippen LogP contribution in [0.2, 0.25) is 5.02 Å². The molecule has 10 heteroatoms. The average Bonchev–Trinajstić information content (AvgIpc) is 2.95. The summed E-state index contributed by atoms with van der Waals surface area (Å²) < 4.78 is 37.9. The van der Waals surface area contributed by atoms with Crippen LogP contribution in [-0.2, 0) is 4.74 Å². The molecule has 2 aliphatic heterocycles. The zero-order chi connectivity index (χ0) is 30.8. The van der Waals surface area contributed by atoms with E-state index in [4.69, 9.17) is 36.5 Å². The second-order valence-electron chi connectivity index (χ2n) is 7.61. The van der Waals surface area contributed by atoms with E-state index in [-0.39, 0.29) is 23.4 Å². The molecule has 2 unspecified atom stereocenters. The summed E-state index contributed by atoms with van der Waals surface area (Å²) in [7, 11) is 3.75. The maximum absolute atomic E-state index is 13.7. The molecule has 2 aromatic carbocycles. The number of benzene rings is 2. The van der Waals surface area contributed by atoms with Crippen LogP contribution in [0.1, 0.15) is 51.2 Å². The number of aliphatic hydroxyl groups is 2. The van der Waals surface area contributed by atoms with Gasteiger partial charge < -0.3 is 30.2 Å². The largest absolute Gasteiger partial charge is 0.490 e. The second kappa shape index (κ2) is 26.9. The van der Waals surface area contributed by atoms with Crippen LogP contribution in [0.3, 0.4) is 0 Å². The molecular weight excluding hydrogens is 530 g/mol. The normalized spacial score (nSPS) is 15.9. The lowest BCUT2D eigenvalue weighted by molar-refractivity contribution is -0.0228. The van der Waals surface area contributed by atoms with Gasteiger partial charge in [0.15, 0.2) is 11.6 Å². The van der Waals surface area contributed by atoms with E-state index in [0.29, 0.717) is 25.4 Å². The van der Waals surface area contributed by atoms with Crippen molar-refractivity contribution in [3.63, 3.8) is 0 Å². The molecule has 2 heterocycles. The molecule has 7 nitrogen and oxygen atoms in total. The van der Waals surface area contributed by atoms with Crippen LogP contribution in [0.5, 0.6) is 5.75 Å². The highest BCUT2D eigenvalue weighted by Gasteiger charge is 2.37. The van der Waals surface area contributed by atoms with Crippen LogP contribution >= 0.6 is 11.6 Å². The first-order valence-electron chi connectivity index (χ1n) is 12.4. The number of fused-ring (bicyclic) bond motifs is 3.